The molecule has 106 valence electrons. The molecule has 21 heavy (non-hydrogen) atoms. The van der Waals surface area contributed by atoms with E-state index in [9.17, 15) is 0 Å². The van der Waals surface area contributed by atoms with Gasteiger partial charge < -0.3 is 5.32 Å². The summed E-state index contributed by atoms with van der Waals surface area (Å²) in [5.74, 6) is 1.66. The first-order chi connectivity index (χ1) is 10.2. The fourth-order valence-electron chi connectivity index (χ4n) is 2.57. The quantitative estimate of drug-likeness (QED) is 0.795. The van der Waals surface area contributed by atoms with Crippen molar-refractivity contribution >= 4 is 16.7 Å². The topological polar surface area (TPSA) is 50.7 Å². The van der Waals surface area contributed by atoms with Crippen molar-refractivity contribution in [2.45, 2.75) is 20.3 Å². The molecule has 0 saturated carbocycles. The van der Waals surface area contributed by atoms with Crippen LogP contribution < -0.4 is 5.32 Å². The van der Waals surface area contributed by atoms with E-state index < -0.39 is 0 Å². The molecule has 0 aliphatic heterocycles. The van der Waals surface area contributed by atoms with E-state index in [4.69, 9.17) is 0 Å². The van der Waals surface area contributed by atoms with Crippen LogP contribution in [0.5, 0.6) is 0 Å². The molecule has 0 aliphatic rings. The van der Waals surface area contributed by atoms with Gasteiger partial charge in [0.15, 0.2) is 5.82 Å². The molecule has 4 nitrogen and oxygen atoms in total. The van der Waals surface area contributed by atoms with Crippen molar-refractivity contribution in [3.63, 3.8) is 0 Å². The van der Waals surface area contributed by atoms with E-state index in [1.54, 1.807) is 6.20 Å². The Morgan fingerprint density at radius 2 is 2.00 bits per heavy atom. The summed E-state index contributed by atoms with van der Waals surface area (Å²) in [6.07, 6.45) is 2.72. The summed E-state index contributed by atoms with van der Waals surface area (Å²) in [5, 5.41) is 4.27. The second-order valence-corrected chi connectivity index (χ2v) is 4.97. The second kappa shape index (κ2) is 5.48. The molecule has 2 aromatic heterocycles. The third kappa shape index (κ3) is 2.44. The third-order valence-corrected chi connectivity index (χ3v) is 3.67. The zero-order valence-corrected chi connectivity index (χ0v) is 12.5. The van der Waals surface area contributed by atoms with Gasteiger partial charge in [-0.15, -0.1) is 0 Å². The molecule has 0 unspecified atom stereocenters. The SMILES string of the molecule is CCc1c(C)nc(-c2ccc3ncccc3c2)nc1NC. The summed E-state index contributed by atoms with van der Waals surface area (Å²) in [6.45, 7) is 4.15. The molecule has 0 fully saturated rings. The van der Waals surface area contributed by atoms with E-state index in [1.165, 1.54) is 5.56 Å². The molecule has 3 aromatic rings. The molecular weight excluding hydrogens is 260 g/mol. The lowest BCUT2D eigenvalue weighted by atomic mass is 10.1. The molecular formula is C17H18N4. The summed E-state index contributed by atoms with van der Waals surface area (Å²) < 4.78 is 0. The maximum atomic E-state index is 4.66. The van der Waals surface area contributed by atoms with Gasteiger partial charge in [-0.1, -0.05) is 13.0 Å². The van der Waals surface area contributed by atoms with Gasteiger partial charge in [0.05, 0.1) is 5.52 Å². The maximum Gasteiger partial charge on any atom is 0.161 e. The Morgan fingerprint density at radius 3 is 2.76 bits per heavy atom. The molecule has 0 aliphatic carbocycles. The molecule has 3 rings (SSSR count). The molecule has 0 saturated heterocycles. The van der Waals surface area contributed by atoms with Crippen molar-refractivity contribution in [1.29, 1.82) is 0 Å². The zero-order valence-electron chi connectivity index (χ0n) is 12.5. The number of aromatic nitrogens is 3. The summed E-state index contributed by atoms with van der Waals surface area (Å²) in [6, 6.07) is 10.1. The van der Waals surface area contributed by atoms with Crippen LogP contribution in [0, 0.1) is 6.92 Å². The highest BCUT2D eigenvalue weighted by Gasteiger charge is 2.11. The molecule has 0 radical (unpaired) electrons. The molecule has 2 heterocycles. The van der Waals surface area contributed by atoms with Crippen molar-refractivity contribution in [2.24, 2.45) is 0 Å². The van der Waals surface area contributed by atoms with Crippen molar-refractivity contribution in [3.05, 3.63) is 47.8 Å². The minimum Gasteiger partial charge on any atom is -0.373 e. The largest absolute Gasteiger partial charge is 0.373 e. The first-order valence-electron chi connectivity index (χ1n) is 7.13. The van der Waals surface area contributed by atoms with Crippen molar-refractivity contribution in [3.8, 4) is 11.4 Å². The van der Waals surface area contributed by atoms with Crippen molar-refractivity contribution in [2.75, 3.05) is 12.4 Å². The number of hydrogen-bond donors (Lipinski definition) is 1. The number of fused-ring (bicyclic) bond motifs is 1. The van der Waals surface area contributed by atoms with Crippen molar-refractivity contribution < 1.29 is 0 Å². The van der Waals surface area contributed by atoms with Crippen LogP contribution in [-0.2, 0) is 6.42 Å². The smallest absolute Gasteiger partial charge is 0.161 e. The third-order valence-electron chi connectivity index (χ3n) is 3.67. The van der Waals surface area contributed by atoms with E-state index in [0.717, 1.165) is 40.2 Å². The maximum absolute atomic E-state index is 4.66. The van der Waals surface area contributed by atoms with Crippen LogP contribution in [0.4, 0.5) is 5.82 Å². The summed E-state index contributed by atoms with van der Waals surface area (Å²) in [7, 11) is 1.90. The number of rotatable bonds is 3. The van der Waals surface area contributed by atoms with Gasteiger partial charge in [0.25, 0.3) is 0 Å². The number of anilines is 1. The number of nitrogens with zero attached hydrogens (tertiary/aromatic N) is 3. The van der Waals surface area contributed by atoms with Crippen LogP contribution in [0.15, 0.2) is 36.5 Å². The highest BCUT2D eigenvalue weighted by atomic mass is 15.0. The summed E-state index contributed by atoms with van der Waals surface area (Å²) in [5.41, 5.74) is 4.19. The molecule has 0 bridgehead atoms. The zero-order chi connectivity index (χ0) is 14.8. The molecule has 0 spiro atoms. The molecule has 1 aromatic carbocycles. The Labute approximate surface area is 124 Å². The second-order valence-electron chi connectivity index (χ2n) is 4.97. The lowest BCUT2D eigenvalue weighted by molar-refractivity contribution is 1.00. The van der Waals surface area contributed by atoms with E-state index in [1.807, 2.05) is 32.2 Å². The van der Waals surface area contributed by atoms with E-state index in [0.29, 0.717) is 0 Å². The fraction of sp³-hybridized carbons (Fsp3) is 0.235. The normalized spacial score (nSPS) is 10.8. The molecule has 0 atom stereocenters. The van der Waals surface area contributed by atoms with Crippen LogP contribution in [-0.4, -0.2) is 22.0 Å². The van der Waals surface area contributed by atoms with Gasteiger partial charge in [0.2, 0.25) is 0 Å². The van der Waals surface area contributed by atoms with Crippen LogP contribution in [0.2, 0.25) is 0 Å². The Balaban J connectivity index is 2.15. The number of nitrogens with one attached hydrogen (secondary N) is 1. The van der Waals surface area contributed by atoms with Gasteiger partial charge in [-0.2, -0.15) is 0 Å². The van der Waals surface area contributed by atoms with E-state index in [2.05, 4.69) is 39.3 Å². The van der Waals surface area contributed by atoms with Gasteiger partial charge in [-0.05, 0) is 37.6 Å². The summed E-state index contributed by atoms with van der Waals surface area (Å²) >= 11 is 0. The minimum absolute atomic E-state index is 0.750. The van der Waals surface area contributed by atoms with Gasteiger partial charge in [0.1, 0.15) is 5.82 Å². The average molecular weight is 278 g/mol. The highest BCUT2D eigenvalue weighted by Crippen LogP contribution is 2.24. The standard InChI is InChI=1S/C17H18N4/c1-4-14-11(2)20-16(21-17(14)18-3)13-7-8-15-12(10-13)6-5-9-19-15/h5-10H,4H2,1-3H3,(H,18,20,21). The molecule has 1 N–H and O–H groups in total. The van der Waals surface area contributed by atoms with Crippen molar-refractivity contribution in [1.82, 2.24) is 15.0 Å². The number of hydrogen-bond acceptors (Lipinski definition) is 4. The van der Waals surface area contributed by atoms with Crippen LogP contribution in [0.25, 0.3) is 22.3 Å². The predicted octanol–water partition coefficient (Wildman–Crippen LogP) is 3.60. The van der Waals surface area contributed by atoms with E-state index in [-0.39, 0.29) is 0 Å². The summed E-state index contributed by atoms with van der Waals surface area (Å²) in [4.78, 5) is 13.7. The van der Waals surface area contributed by atoms with Gasteiger partial charge in [-0.25, -0.2) is 9.97 Å². The van der Waals surface area contributed by atoms with Gasteiger partial charge in [-0.3, -0.25) is 4.98 Å². The van der Waals surface area contributed by atoms with E-state index >= 15 is 0 Å². The fourth-order valence-corrected chi connectivity index (χ4v) is 2.57. The van der Waals surface area contributed by atoms with Crippen LogP contribution in [0.1, 0.15) is 18.2 Å². The predicted molar refractivity (Wildman–Crippen MR) is 86.4 cm³/mol. The van der Waals surface area contributed by atoms with Gasteiger partial charge in [0, 0.05) is 35.5 Å². The Bertz CT molecular complexity index is 796. The first kappa shape index (κ1) is 13.5. The monoisotopic (exact) mass is 278 g/mol. The minimum atomic E-state index is 0.750. The average Bonchev–Trinajstić information content (AvgIpc) is 2.53. The Kier molecular flexibility index (Phi) is 3.52. The van der Waals surface area contributed by atoms with Crippen LogP contribution >= 0.6 is 0 Å². The highest BCUT2D eigenvalue weighted by molar-refractivity contribution is 5.83. The number of aryl methyl sites for hydroxylation is 1. The number of pyridine rings is 1. The van der Waals surface area contributed by atoms with Gasteiger partial charge >= 0.3 is 0 Å². The lowest BCUT2D eigenvalue weighted by Gasteiger charge is -2.12. The number of benzene rings is 1. The molecule has 4 heteroatoms. The van der Waals surface area contributed by atoms with Crippen LogP contribution in [0.3, 0.4) is 0 Å². The molecule has 0 amide bonds. The Morgan fingerprint density at radius 1 is 1.14 bits per heavy atom. The lowest BCUT2D eigenvalue weighted by Crippen LogP contribution is -2.04. The first-order valence-corrected chi connectivity index (χ1v) is 7.13. The Hall–Kier alpha value is -2.49.